The summed E-state index contributed by atoms with van der Waals surface area (Å²) in [5.41, 5.74) is -1.70. The van der Waals surface area contributed by atoms with E-state index in [0.717, 1.165) is 6.07 Å². The smallest absolute Gasteiger partial charge is 0.235 e. The van der Waals surface area contributed by atoms with Crippen LogP contribution < -0.4 is 4.74 Å². The molecule has 0 saturated heterocycles. The van der Waals surface area contributed by atoms with Crippen LogP contribution in [0.1, 0.15) is 31.2 Å². The van der Waals surface area contributed by atoms with Crippen molar-refractivity contribution in [2.75, 3.05) is 7.11 Å². The predicted molar refractivity (Wildman–Crippen MR) is 62.8 cm³/mol. The zero-order valence-corrected chi connectivity index (χ0v) is 10.4. The van der Waals surface area contributed by atoms with Crippen LogP contribution in [0, 0.1) is 11.6 Å². The number of hydrogen-bond donors (Lipinski definition) is 1. The molecule has 2 rings (SSSR count). The Morgan fingerprint density at radius 1 is 1.37 bits per heavy atom. The first-order valence-corrected chi connectivity index (χ1v) is 5.90. The van der Waals surface area contributed by atoms with Gasteiger partial charge in [0.1, 0.15) is 5.54 Å². The maximum atomic E-state index is 14.3. The van der Waals surface area contributed by atoms with Crippen LogP contribution in [0.5, 0.6) is 11.5 Å². The Labute approximate surface area is 108 Å². The lowest BCUT2D eigenvalue weighted by molar-refractivity contribution is 0.340. The van der Waals surface area contributed by atoms with Crippen LogP contribution in [0.3, 0.4) is 0 Å². The number of hydrogen-bond acceptors (Lipinski definition) is 4. The first-order valence-electron chi connectivity index (χ1n) is 5.90. The van der Waals surface area contributed by atoms with Gasteiger partial charge in [0.25, 0.3) is 0 Å². The van der Waals surface area contributed by atoms with E-state index < -0.39 is 28.5 Å². The quantitative estimate of drug-likeness (QED) is 0.678. The number of aromatic hydroxyl groups is 1. The molecule has 1 N–H and O–H groups in total. The summed E-state index contributed by atoms with van der Waals surface area (Å²) in [7, 11) is 1.21. The second-order valence-electron chi connectivity index (χ2n) is 4.54. The van der Waals surface area contributed by atoms with Gasteiger partial charge in [-0.25, -0.2) is 13.6 Å². The standard InChI is InChI=1S/C13H13F2NO3/c1-19-9-6-8(18)11(14)10(12(9)15)13(16-7-17)4-2-3-5-13/h6,18H,2-5H2,1H3. The Morgan fingerprint density at radius 2 is 2.00 bits per heavy atom. The van der Waals surface area contributed by atoms with Crippen molar-refractivity contribution in [1.29, 1.82) is 0 Å². The fraction of sp³-hybridized carbons (Fsp3) is 0.462. The van der Waals surface area contributed by atoms with Gasteiger partial charge in [-0.15, -0.1) is 0 Å². The van der Waals surface area contributed by atoms with Gasteiger partial charge in [-0.2, -0.15) is 4.99 Å². The monoisotopic (exact) mass is 269 g/mol. The lowest BCUT2D eigenvalue weighted by atomic mass is 9.87. The number of carbonyl (C=O) groups excluding carboxylic acids is 1. The fourth-order valence-electron chi connectivity index (χ4n) is 2.62. The second kappa shape index (κ2) is 4.97. The molecule has 0 unspecified atom stereocenters. The Morgan fingerprint density at radius 3 is 2.53 bits per heavy atom. The first-order chi connectivity index (χ1) is 9.05. The largest absolute Gasteiger partial charge is 0.505 e. The van der Waals surface area contributed by atoms with E-state index >= 15 is 0 Å². The number of aliphatic imine (C=N–C) groups is 1. The number of phenols is 1. The summed E-state index contributed by atoms with van der Waals surface area (Å²) in [6.45, 7) is 0. The summed E-state index contributed by atoms with van der Waals surface area (Å²) >= 11 is 0. The molecule has 0 aliphatic heterocycles. The number of rotatable bonds is 3. The van der Waals surface area contributed by atoms with Crippen molar-refractivity contribution >= 4 is 6.08 Å². The van der Waals surface area contributed by atoms with E-state index in [4.69, 9.17) is 4.74 Å². The normalized spacial score (nSPS) is 17.0. The molecule has 0 spiro atoms. The topological polar surface area (TPSA) is 58.9 Å². The van der Waals surface area contributed by atoms with Gasteiger partial charge in [0.2, 0.25) is 6.08 Å². The number of halogens is 2. The number of benzene rings is 1. The van der Waals surface area contributed by atoms with Crippen LogP contribution in [0.2, 0.25) is 0 Å². The molecule has 0 atom stereocenters. The van der Waals surface area contributed by atoms with Crippen molar-refractivity contribution in [2.24, 2.45) is 4.99 Å². The van der Waals surface area contributed by atoms with Crippen LogP contribution in [0.15, 0.2) is 11.1 Å². The molecule has 1 aromatic rings. The molecule has 4 nitrogen and oxygen atoms in total. The van der Waals surface area contributed by atoms with Gasteiger partial charge in [-0.1, -0.05) is 12.8 Å². The van der Waals surface area contributed by atoms with Crippen molar-refractivity contribution < 1.29 is 23.4 Å². The van der Waals surface area contributed by atoms with Gasteiger partial charge in [0, 0.05) is 6.07 Å². The molecular formula is C13H13F2NO3. The third-order valence-corrected chi connectivity index (χ3v) is 3.52. The minimum absolute atomic E-state index is 0.277. The number of phenolic OH excluding ortho intramolecular Hbond substituents is 1. The zero-order chi connectivity index (χ0) is 14.0. The van der Waals surface area contributed by atoms with Crippen LogP contribution in [-0.2, 0) is 10.3 Å². The molecule has 102 valence electrons. The number of isocyanates is 1. The molecule has 0 bridgehead atoms. The SMILES string of the molecule is COc1cc(O)c(F)c(C2(N=C=O)CCCC2)c1F. The van der Waals surface area contributed by atoms with E-state index in [1.54, 1.807) is 0 Å². The van der Waals surface area contributed by atoms with Gasteiger partial charge in [-0.05, 0) is 12.8 Å². The molecule has 0 radical (unpaired) electrons. The Hall–Kier alpha value is -1.94. The highest BCUT2D eigenvalue weighted by atomic mass is 19.1. The van der Waals surface area contributed by atoms with E-state index in [0.29, 0.717) is 25.7 Å². The summed E-state index contributed by atoms with van der Waals surface area (Å²) in [6.07, 6.45) is 3.44. The van der Waals surface area contributed by atoms with Gasteiger partial charge >= 0.3 is 0 Å². The second-order valence-corrected chi connectivity index (χ2v) is 4.54. The molecule has 6 heteroatoms. The average molecular weight is 269 g/mol. The molecule has 0 aromatic heterocycles. The van der Waals surface area contributed by atoms with Crippen molar-refractivity contribution in [3.63, 3.8) is 0 Å². The maximum Gasteiger partial charge on any atom is 0.235 e. The van der Waals surface area contributed by atoms with Crippen molar-refractivity contribution in [3.05, 3.63) is 23.3 Å². The molecule has 0 heterocycles. The predicted octanol–water partition coefficient (Wildman–Crippen LogP) is 2.78. The Balaban J connectivity index is 2.72. The maximum absolute atomic E-state index is 14.3. The minimum Gasteiger partial charge on any atom is -0.505 e. The van der Waals surface area contributed by atoms with E-state index in [2.05, 4.69) is 4.99 Å². The van der Waals surface area contributed by atoms with E-state index in [1.165, 1.54) is 13.2 Å². The summed E-state index contributed by atoms with van der Waals surface area (Å²) in [4.78, 5) is 14.2. The van der Waals surface area contributed by atoms with E-state index in [1.807, 2.05) is 0 Å². The average Bonchev–Trinajstić information content (AvgIpc) is 2.84. The highest BCUT2D eigenvalue weighted by Crippen LogP contribution is 2.47. The molecule has 1 fully saturated rings. The summed E-state index contributed by atoms with van der Waals surface area (Å²) < 4.78 is 33.1. The molecule has 0 amide bonds. The molecule has 1 aliphatic rings. The third kappa shape index (κ3) is 2.08. The molecular weight excluding hydrogens is 256 g/mol. The van der Waals surface area contributed by atoms with Gasteiger partial charge in [0.15, 0.2) is 23.1 Å². The van der Waals surface area contributed by atoms with Gasteiger partial charge in [-0.3, -0.25) is 0 Å². The summed E-state index contributed by atoms with van der Waals surface area (Å²) in [5.74, 6) is -3.03. The van der Waals surface area contributed by atoms with Crippen LogP contribution >= 0.6 is 0 Å². The number of ether oxygens (including phenoxy) is 1. The molecule has 1 saturated carbocycles. The number of methoxy groups -OCH3 is 1. The minimum atomic E-state index is -1.29. The van der Waals surface area contributed by atoms with E-state index in [-0.39, 0.29) is 5.75 Å². The zero-order valence-electron chi connectivity index (χ0n) is 10.4. The molecule has 1 aliphatic carbocycles. The first kappa shape index (κ1) is 13.5. The Bertz CT molecular complexity index is 547. The fourth-order valence-corrected chi connectivity index (χ4v) is 2.62. The third-order valence-electron chi connectivity index (χ3n) is 3.52. The summed E-state index contributed by atoms with van der Waals surface area (Å²) in [6, 6.07) is 0.863. The van der Waals surface area contributed by atoms with Crippen LogP contribution in [0.4, 0.5) is 8.78 Å². The van der Waals surface area contributed by atoms with Gasteiger partial charge in [0.05, 0.1) is 12.7 Å². The lowest BCUT2D eigenvalue weighted by Gasteiger charge is -2.25. The summed E-state index contributed by atoms with van der Waals surface area (Å²) in [5, 5.41) is 9.52. The van der Waals surface area contributed by atoms with Crippen LogP contribution in [-0.4, -0.2) is 18.3 Å². The molecule has 19 heavy (non-hydrogen) atoms. The van der Waals surface area contributed by atoms with Crippen molar-refractivity contribution in [1.82, 2.24) is 0 Å². The highest BCUT2D eigenvalue weighted by molar-refractivity contribution is 5.47. The molecule has 1 aromatic carbocycles. The van der Waals surface area contributed by atoms with Crippen molar-refractivity contribution in [3.8, 4) is 11.5 Å². The van der Waals surface area contributed by atoms with Crippen molar-refractivity contribution in [2.45, 2.75) is 31.2 Å². The number of nitrogens with zero attached hydrogens (tertiary/aromatic N) is 1. The van der Waals surface area contributed by atoms with Gasteiger partial charge < -0.3 is 9.84 Å². The lowest BCUT2D eigenvalue weighted by Crippen LogP contribution is -2.23. The van der Waals surface area contributed by atoms with E-state index in [9.17, 15) is 18.7 Å². The highest BCUT2D eigenvalue weighted by Gasteiger charge is 2.42. The van der Waals surface area contributed by atoms with Crippen LogP contribution in [0.25, 0.3) is 0 Å². The Kier molecular flexibility index (Phi) is 3.53.